The lowest BCUT2D eigenvalue weighted by molar-refractivity contribution is -0.136. The number of thioether (sulfide) groups is 1. The van der Waals surface area contributed by atoms with Crippen LogP contribution in [-0.2, 0) is 15.8 Å². The predicted octanol–water partition coefficient (Wildman–Crippen LogP) is 2.78. The van der Waals surface area contributed by atoms with Crippen LogP contribution in [0.3, 0.4) is 0 Å². The molecule has 0 unspecified atom stereocenters. The molecule has 1 aromatic heterocycles. The third-order valence-corrected chi connectivity index (χ3v) is 4.91. The number of alkyl halides is 3. The summed E-state index contributed by atoms with van der Waals surface area (Å²) in [5.74, 6) is -0.606. The molecule has 0 bridgehead atoms. The Hall–Kier alpha value is -2.49. The lowest BCUT2D eigenvalue weighted by Crippen LogP contribution is -2.34. The number of pyridine rings is 1. The van der Waals surface area contributed by atoms with Crippen LogP contribution in [-0.4, -0.2) is 35.8 Å². The first-order valence-electron chi connectivity index (χ1n) is 7.41. The fourth-order valence-electron chi connectivity index (χ4n) is 2.46. The van der Waals surface area contributed by atoms with E-state index in [-0.39, 0.29) is 34.2 Å². The van der Waals surface area contributed by atoms with Crippen LogP contribution in [0.2, 0.25) is 0 Å². The van der Waals surface area contributed by atoms with E-state index in [4.69, 9.17) is 9.47 Å². The van der Waals surface area contributed by atoms with Gasteiger partial charge in [-0.05, 0) is 19.1 Å². The van der Waals surface area contributed by atoms with Gasteiger partial charge in [0.05, 0.1) is 16.1 Å². The molecule has 0 saturated heterocycles. The van der Waals surface area contributed by atoms with E-state index in [9.17, 15) is 22.8 Å². The van der Waals surface area contributed by atoms with Crippen molar-refractivity contribution in [2.24, 2.45) is 0 Å². The maximum atomic E-state index is 13.5. The number of Topliss-reactive ketones (excluding diaryl/α,β-unsaturated/α-hetero) is 1. The molecule has 1 aliphatic heterocycles. The highest BCUT2D eigenvalue weighted by molar-refractivity contribution is 8.01. The number of fused-ring (bicyclic) bond motifs is 2. The second kappa shape index (κ2) is 6.67. The molecule has 0 saturated carbocycles. The smallest absolute Gasteiger partial charge is 0.417 e. The number of ether oxygens (including phenoxy) is 2. The highest BCUT2D eigenvalue weighted by Gasteiger charge is 2.35. The molecular formula is C16H13F3N2O4S. The monoisotopic (exact) mass is 386 g/mol. The quantitative estimate of drug-likeness (QED) is 0.643. The number of amides is 1. The van der Waals surface area contributed by atoms with Gasteiger partial charge in [0.2, 0.25) is 12.7 Å². The van der Waals surface area contributed by atoms with E-state index in [2.05, 4.69) is 10.3 Å². The fraction of sp³-hybridized carbons (Fsp3) is 0.312. The number of rotatable bonds is 4. The summed E-state index contributed by atoms with van der Waals surface area (Å²) in [4.78, 5) is 27.7. The average molecular weight is 386 g/mol. The molecule has 0 fully saturated rings. The van der Waals surface area contributed by atoms with Crippen molar-refractivity contribution in [2.75, 3.05) is 13.8 Å². The maximum absolute atomic E-state index is 13.5. The summed E-state index contributed by atoms with van der Waals surface area (Å²) in [6.07, 6.45) is -4.65. The van der Waals surface area contributed by atoms with E-state index in [0.29, 0.717) is 11.8 Å². The number of nitrogens with one attached hydrogen (secondary N) is 1. The Bertz CT molecular complexity index is 901. The second-order valence-electron chi connectivity index (χ2n) is 5.45. The van der Waals surface area contributed by atoms with Gasteiger partial charge in [-0.15, -0.1) is 0 Å². The average Bonchev–Trinajstić information content (AvgIpc) is 3.02. The highest BCUT2D eigenvalue weighted by atomic mass is 32.2. The topological polar surface area (TPSA) is 77.5 Å². The van der Waals surface area contributed by atoms with Crippen LogP contribution < -0.4 is 14.8 Å². The van der Waals surface area contributed by atoms with Crippen LogP contribution >= 0.6 is 11.8 Å². The molecule has 1 amide bonds. The van der Waals surface area contributed by atoms with Crippen LogP contribution in [0.1, 0.15) is 12.5 Å². The predicted molar refractivity (Wildman–Crippen MR) is 87.3 cm³/mol. The summed E-state index contributed by atoms with van der Waals surface area (Å²) in [7, 11) is 1.34. The van der Waals surface area contributed by atoms with Crippen molar-refractivity contribution in [1.82, 2.24) is 10.3 Å². The zero-order valence-corrected chi connectivity index (χ0v) is 14.5. The fourth-order valence-corrected chi connectivity index (χ4v) is 3.43. The SMILES string of the molecule is CNC(=O)[C@H](Sc1cc(C(F)(F)F)c2cc3c(cc2n1)OCO3)C(C)=O. The Labute approximate surface area is 150 Å². The van der Waals surface area contributed by atoms with E-state index in [1.807, 2.05) is 0 Å². The molecule has 0 spiro atoms. The molecule has 1 aromatic carbocycles. The molecule has 2 heterocycles. The molecule has 138 valence electrons. The zero-order chi connectivity index (χ0) is 19.1. The summed E-state index contributed by atoms with van der Waals surface area (Å²) in [6, 6.07) is 3.40. The van der Waals surface area contributed by atoms with Crippen LogP contribution in [0, 0.1) is 0 Å². The van der Waals surface area contributed by atoms with Crippen molar-refractivity contribution < 1.29 is 32.2 Å². The Morgan fingerprint density at radius 1 is 1.23 bits per heavy atom. The number of aromatic nitrogens is 1. The van der Waals surface area contributed by atoms with E-state index in [0.717, 1.165) is 6.07 Å². The van der Waals surface area contributed by atoms with E-state index >= 15 is 0 Å². The first kappa shape index (κ1) is 18.3. The molecule has 0 aliphatic carbocycles. The van der Waals surface area contributed by atoms with Crippen molar-refractivity contribution in [2.45, 2.75) is 23.4 Å². The maximum Gasteiger partial charge on any atom is 0.417 e. The van der Waals surface area contributed by atoms with Gasteiger partial charge in [-0.2, -0.15) is 13.2 Å². The zero-order valence-electron chi connectivity index (χ0n) is 13.6. The molecule has 1 N–H and O–H groups in total. The summed E-state index contributed by atoms with van der Waals surface area (Å²) in [6.45, 7) is 1.11. The Morgan fingerprint density at radius 2 is 1.88 bits per heavy atom. The molecule has 6 nitrogen and oxygen atoms in total. The highest BCUT2D eigenvalue weighted by Crippen LogP contribution is 2.42. The number of hydrogen-bond donors (Lipinski definition) is 1. The van der Waals surface area contributed by atoms with Gasteiger partial charge in [-0.1, -0.05) is 11.8 Å². The Morgan fingerprint density at radius 3 is 2.46 bits per heavy atom. The van der Waals surface area contributed by atoms with Gasteiger partial charge in [0, 0.05) is 18.5 Å². The summed E-state index contributed by atoms with van der Waals surface area (Å²) >= 11 is 0.663. The number of benzene rings is 1. The molecule has 3 rings (SSSR count). The standard InChI is InChI=1S/C16H13F3N2O4S/c1-7(22)14(15(23)20-2)26-13-4-9(16(17,18)19)8-3-11-12(25-6-24-11)5-10(8)21-13/h3-5,14H,6H2,1-2H3,(H,20,23)/t14-/m1/s1. The van der Waals surface area contributed by atoms with Crippen molar-refractivity contribution in [3.05, 3.63) is 23.8 Å². The lowest BCUT2D eigenvalue weighted by atomic mass is 10.1. The summed E-state index contributed by atoms with van der Waals surface area (Å²) in [5, 5.41) is 0.883. The molecule has 1 aliphatic rings. The van der Waals surface area contributed by atoms with Gasteiger partial charge in [0.15, 0.2) is 17.3 Å². The van der Waals surface area contributed by atoms with Crippen molar-refractivity contribution in [1.29, 1.82) is 0 Å². The second-order valence-corrected chi connectivity index (χ2v) is 6.58. The molecular weight excluding hydrogens is 373 g/mol. The van der Waals surface area contributed by atoms with Crippen molar-refractivity contribution >= 4 is 34.4 Å². The molecule has 10 heteroatoms. The third-order valence-electron chi connectivity index (χ3n) is 3.68. The number of nitrogens with zero attached hydrogens (tertiary/aromatic N) is 1. The normalized spacial score (nSPS) is 14.3. The van der Waals surface area contributed by atoms with Gasteiger partial charge >= 0.3 is 6.18 Å². The minimum absolute atomic E-state index is 0.0331. The minimum atomic E-state index is -4.65. The molecule has 2 aromatic rings. The number of ketones is 1. The third kappa shape index (κ3) is 3.41. The van der Waals surface area contributed by atoms with Gasteiger partial charge in [-0.3, -0.25) is 9.59 Å². The minimum Gasteiger partial charge on any atom is -0.454 e. The van der Waals surface area contributed by atoms with Gasteiger partial charge < -0.3 is 14.8 Å². The molecule has 1 atom stereocenters. The number of carbonyl (C=O) groups excluding carboxylic acids is 2. The largest absolute Gasteiger partial charge is 0.454 e. The number of hydrogen-bond acceptors (Lipinski definition) is 6. The van der Waals surface area contributed by atoms with Gasteiger partial charge in [0.25, 0.3) is 0 Å². The summed E-state index contributed by atoms with van der Waals surface area (Å²) < 4.78 is 50.8. The van der Waals surface area contributed by atoms with E-state index in [1.54, 1.807) is 0 Å². The van der Waals surface area contributed by atoms with Crippen LogP contribution in [0.25, 0.3) is 10.9 Å². The van der Waals surface area contributed by atoms with Crippen LogP contribution in [0.15, 0.2) is 23.2 Å². The first-order chi connectivity index (χ1) is 12.2. The molecule has 26 heavy (non-hydrogen) atoms. The first-order valence-corrected chi connectivity index (χ1v) is 8.29. The molecule has 0 radical (unpaired) electrons. The van der Waals surface area contributed by atoms with Gasteiger partial charge in [0.1, 0.15) is 5.25 Å². The van der Waals surface area contributed by atoms with Crippen LogP contribution in [0.5, 0.6) is 11.5 Å². The van der Waals surface area contributed by atoms with E-state index < -0.39 is 28.7 Å². The Balaban J connectivity index is 2.13. The summed E-state index contributed by atoms with van der Waals surface area (Å²) in [5.41, 5.74) is -0.895. The number of carbonyl (C=O) groups is 2. The van der Waals surface area contributed by atoms with Crippen molar-refractivity contribution in [3.8, 4) is 11.5 Å². The van der Waals surface area contributed by atoms with E-state index in [1.165, 1.54) is 26.1 Å². The lowest BCUT2D eigenvalue weighted by Gasteiger charge is -2.15. The van der Waals surface area contributed by atoms with Crippen LogP contribution in [0.4, 0.5) is 13.2 Å². The van der Waals surface area contributed by atoms with Gasteiger partial charge in [-0.25, -0.2) is 4.98 Å². The Kier molecular flexibility index (Phi) is 4.70. The number of halogens is 3. The van der Waals surface area contributed by atoms with Crippen molar-refractivity contribution in [3.63, 3.8) is 0 Å².